The van der Waals surface area contributed by atoms with Gasteiger partial charge in [0.25, 0.3) is 5.91 Å². The molecule has 1 heterocycles. The Morgan fingerprint density at radius 1 is 1.23 bits per heavy atom. The molecule has 0 aliphatic carbocycles. The van der Waals surface area contributed by atoms with Crippen molar-refractivity contribution in [3.8, 4) is 0 Å². The van der Waals surface area contributed by atoms with Crippen molar-refractivity contribution in [3.05, 3.63) is 0 Å². The van der Waals surface area contributed by atoms with Crippen LogP contribution in [0.3, 0.4) is 0 Å². The molecule has 7 nitrogen and oxygen atoms in total. The fourth-order valence-corrected chi connectivity index (χ4v) is 1.07. The molecule has 0 aromatic heterocycles. The average molecular weight is 191 g/mol. The van der Waals surface area contributed by atoms with E-state index in [1.54, 1.807) is 0 Å². The van der Waals surface area contributed by atoms with E-state index in [-0.39, 0.29) is 0 Å². The smallest absolute Gasteiger partial charge is 0.329 e. The molecular weight excluding hydrogens is 182 g/mol. The molecule has 1 saturated heterocycles. The first-order valence-electron chi connectivity index (χ1n) is 3.52. The maximum atomic E-state index is 10.8. The van der Waals surface area contributed by atoms with Gasteiger partial charge in [0.1, 0.15) is 12.2 Å². The average Bonchev–Trinajstić information content (AvgIpc) is 2.07. The highest BCUT2D eigenvalue weighted by molar-refractivity contribution is 5.88. The molecule has 1 aliphatic heterocycles. The fourth-order valence-electron chi connectivity index (χ4n) is 1.07. The Balaban J connectivity index is 2.82. The third-order valence-corrected chi connectivity index (χ3v) is 1.85. The van der Waals surface area contributed by atoms with Crippen LogP contribution in [0.15, 0.2) is 0 Å². The van der Waals surface area contributed by atoms with Gasteiger partial charge >= 0.3 is 5.97 Å². The minimum Gasteiger partial charge on any atom is -0.480 e. The molecule has 0 radical (unpaired) electrons. The summed E-state index contributed by atoms with van der Waals surface area (Å²) >= 11 is 0. The lowest BCUT2D eigenvalue weighted by atomic mass is 9.96. The van der Waals surface area contributed by atoms with E-state index < -0.39 is 36.2 Å². The summed E-state index contributed by atoms with van der Waals surface area (Å²) < 4.78 is 0. The van der Waals surface area contributed by atoms with Crippen LogP contribution >= 0.6 is 0 Å². The van der Waals surface area contributed by atoms with Gasteiger partial charge in [0.05, 0.1) is 0 Å². The van der Waals surface area contributed by atoms with Gasteiger partial charge in [0.2, 0.25) is 0 Å². The summed E-state index contributed by atoms with van der Waals surface area (Å²) in [5, 5.41) is 37.3. The van der Waals surface area contributed by atoms with Gasteiger partial charge in [-0.15, -0.1) is 0 Å². The van der Waals surface area contributed by atoms with Crippen molar-refractivity contribution in [2.75, 3.05) is 0 Å². The van der Waals surface area contributed by atoms with Crippen LogP contribution in [-0.4, -0.2) is 56.7 Å². The van der Waals surface area contributed by atoms with E-state index >= 15 is 0 Å². The van der Waals surface area contributed by atoms with E-state index in [0.29, 0.717) is 0 Å². The zero-order valence-corrected chi connectivity index (χ0v) is 6.41. The van der Waals surface area contributed by atoms with Gasteiger partial charge < -0.3 is 25.7 Å². The topological polar surface area (TPSA) is 127 Å². The maximum Gasteiger partial charge on any atom is 0.329 e. The number of aliphatic carboxylic acids is 1. The van der Waals surface area contributed by atoms with Crippen LogP contribution in [0.5, 0.6) is 0 Å². The molecule has 1 amide bonds. The number of hydrogen-bond acceptors (Lipinski definition) is 5. The quantitative estimate of drug-likeness (QED) is 0.295. The van der Waals surface area contributed by atoms with Crippen molar-refractivity contribution in [1.82, 2.24) is 5.32 Å². The number of carboxylic acids is 1. The Kier molecular flexibility index (Phi) is 2.50. The first-order chi connectivity index (χ1) is 5.95. The van der Waals surface area contributed by atoms with Crippen LogP contribution in [-0.2, 0) is 9.59 Å². The molecule has 74 valence electrons. The SMILES string of the molecule is O=C(O)[C@H]1NC(=O)[C@H](O)[C@@H](O)[C@H]1O. The van der Waals surface area contributed by atoms with Crippen molar-refractivity contribution in [2.45, 2.75) is 24.4 Å². The van der Waals surface area contributed by atoms with E-state index in [1.807, 2.05) is 5.32 Å². The zero-order chi connectivity index (χ0) is 10.2. The summed E-state index contributed by atoms with van der Waals surface area (Å²) in [6, 6.07) is -1.58. The number of rotatable bonds is 1. The van der Waals surface area contributed by atoms with Crippen LogP contribution in [0.4, 0.5) is 0 Å². The molecule has 0 saturated carbocycles. The van der Waals surface area contributed by atoms with E-state index in [0.717, 1.165) is 0 Å². The Morgan fingerprint density at radius 2 is 1.77 bits per heavy atom. The number of aliphatic hydroxyl groups is 3. The summed E-state index contributed by atoms with van der Waals surface area (Å²) in [4.78, 5) is 21.2. The number of piperidine rings is 1. The van der Waals surface area contributed by atoms with Crippen LogP contribution in [0.25, 0.3) is 0 Å². The normalized spacial score (nSPS) is 39.8. The second-order valence-electron chi connectivity index (χ2n) is 2.75. The molecule has 4 atom stereocenters. The minimum absolute atomic E-state index is 1.01. The third kappa shape index (κ3) is 1.62. The lowest BCUT2D eigenvalue weighted by Gasteiger charge is -2.32. The Hall–Kier alpha value is -1.18. The van der Waals surface area contributed by atoms with Gasteiger partial charge in [-0.05, 0) is 0 Å². The first kappa shape index (κ1) is 9.90. The van der Waals surface area contributed by atoms with Crippen LogP contribution in [0.2, 0.25) is 0 Å². The highest BCUT2D eigenvalue weighted by Gasteiger charge is 2.44. The Labute approximate surface area is 72.6 Å². The summed E-state index contributed by atoms with van der Waals surface area (Å²) in [5.74, 6) is -2.47. The Morgan fingerprint density at radius 3 is 2.23 bits per heavy atom. The fraction of sp³-hybridized carbons (Fsp3) is 0.667. The molecule has 0 aromatic carbocycles. The summed E-state index contributed by atoms with van der Waals surface area (Å²) in [6.45, 7) is 0. The molecule has 1 fully saturated rings. The van der Waals surface area contributed by atoms with Crippen molar-refractivity contribution < 1.29 is 30.0 Å². The number of nitrogens with one attached hydrogen (secondary N) is 1. The largest absolute Gasteiger partial charge is 0.480 e. The molecule has 0 bridgehead atoms. The highest BCUT2D eigenvalue weighted by Crippen LogP contribution is 2.11. The van der Waals surface area contributed by atoms with E-state index in [9.17, 15) is 9.59 Å². The second kappa shape index (κ2) is 3.29. The summed E-state index contributed by atoms with van der Waals surface area (Å²) in [7, 11) is 0. The first-order valence-corrected chi connectivity index (χ1v) is 3.52. The monoisotopic (exact) mass is 191 g/mol. The molecular formula is C6H9NO6. The van der Waals surface area contributed by atoms with Gasteiger partial charge in [-0.2, -0.15) is 0 Å². The molecule has 5 N–H and O–H groups in total. The Bertz CT molecular complexity index is 241. The third-order valence-electron chi connectivity index (χ3n) is 1.85. The van der Waals surface area contributed by atoms with Gasteiger partial charge in [-0.25, -0.2) is 4.79 Å². The second-order valence-corrected chi connectivity index (χ2v) is 2.75. The molecule has 1 aliphatic rings. The summed E-state index contributed by atoms with van der Waals surface area (Å²) in [6.07, 6.45) is -5.26. The molecule has 1 rings (SSSR count). The zero-order valence-electron chi connectivity index (χ0n) is 6.41. The number of hydrogen-bond donors (Lipinski definition) is 5. The minimum atomic E-state index is -1.79. The molecule has 13 heavy (non-hydrogen) atoms. The van der Waals surface area contributed by atoms with E-state index in [2.05, 4.69) is 0 Å². The lowest BCUT2D eigenvalue weighted by molar-refractivity contribution is -0.165. The van der Waals surface area contributed by atoms with Gasteiger partial charge in [0, 0.05) is 0 Å². The predicted octanol–water partition coefficient (Wildman–Crippen LogP) is -3.35. The molecule has 7 heteroatoms. The molecule has 0 spiro atoms. The number of amides is 1. The molecule has 0 aromatic rings. The predicted molar refractivity (Wildman–Crippen MR) is 37.6 cm³/mol. The number of carbonyl (C=O) groups excluding carboxylic acids is 1. The van der Waals surface area contributed by atoms with E-state index in [4.69, 9.17) is 20.4 Å². The lowest BCUT2D eigenvalue weighted by Crippen LogP contribution is -2.65. The van der Waals surface area contributed by atoms with Crippen molar-refractivity contribution in [3.63, 3.8) is 0 Å². The summed E-state index contributed by atoms with van der Waals surface area (Å²) in [5.41, 5.74) is 0. The number of aliphatic hydroxyl groups excluding tert-OH is 3. The van der Waals surface area contributed by atoms with Gasteiger partial charge in [-0.3, -0.25) is 4.79 Å². The standard InChI is InChI=1S/C6H9NO6/c8-2-1(6(12)13)7-5(11)4(10)3(2)9/h1-4,8-10H,(H,7,11)(H,12,13)/t1-,2-,3-,4+/m0/s1. The molecule has 0 unspecified atom stereocenters. The van der Waals surface area contributed by atoms with Crippen LogP contribution in [0, 0.1) is 0 Å². The maximum absolute atomic E-state index is 10.8. The van der Waals surface area contributed by atoms with Crippen molar-refractivity contribution in [1.29, 1.82) is 0 Å². The van der Waals surface area contributed by atoms with Gasteiger partial charge in [0.15, 0.2) is 12.1 Å². The van der Waals surface area contributed by atoms with Crippen molar-refractivity contribution in [2.24, 2.45) is 0 Å². The van der Waals surface area contributed by atoms with E-state index in [1.165, 1.54) is 0 Å². The number of carbonyl (C=O) groups is 2. The number of carboxylic acid groups (broad SMARTS) is 1. The van der Waals surface area contributed by atoms with Crippen LogP contribution < -0.4 is 5.32 Å². The van der Waals surface area contributed by atoms with Gasteiger partial charge in [-0.1, -0.05) is 0 Å². The van der Waals surface area contributed by atoms with Crippen LogP contribution in [0.1, 0.15) is 0 Å². The van der Waals surface area contributed by atoms with Crippen molar-refractivity contribution >= 4 is 11.9 Å². The highest BCUT2D eigenvalue weighted by atomic mass is 16.4.